The monoisotopic (exact) mass is 417 g/mol. The summed E-state index contributed by atoms with van der Waals surface area (Å²) in [5, 5.41) is 3.04. The first-order valence-electron chi connectivity index (χ1n) is 9.45. The van der Waals surface area contributed by atoms with Gasteiger partial charge in [-0.2, -0.15) is 0 Å². The molecule has 1 aromatic carbocycles. The molecule has 0 aliphatic heterocycles. The van der Waals surface area contributed by atoms with E-state index in [1.165, 1.54) is 0 Å². The average Bonchev–Trinajstić information content (AvgIpc) is 3.44. The van der Waals surface area contributed by atoms with Gasteiger partial charge in [0.2, 0.25) is 5.78 Å². The van der Waals surface area contributed by atoms with E-state index in [1.807, 2.05) is 19.9 Å². The molecule has 1 heterocycles. The number of hydrogen-bond acceptors (Lipinski definition) is 4. The average molecular weight is 418 g/mol. The van der Waals surface area contributed by atoms with Crippen LogP contribution in [0.1, 0.15) is 58.7 Å². The van der Waals surface area contributed by atoms with Crippen molar-refractivity contribution in [3.05, 3.63) is 57.9 Å². The van der Waals surface area contributed by atoms with Crippen molar-refractivity contribution in [3.8, 4) is 0 Å². The van der Waals surface area contributed by atoms with E-state index in [0.29, 0.717) is 22.2 Å². The Morgan fingerprint density at radius 3 is 2.48 bits per heavy atom. The molecule has 29 heavy (non-hydrogen) atoms. The molecule has 154 valence electrons. The first-order chi connectivity index (χ1) is 13.8. The van der Waals surface area contributed by atoms with Crippen LogP contribution in [0.3, 0.4) is 0 Å². The van der Waals surface area contributed by atoms with E-state index in [0.717, 1.165) is 24.2 Å². The lowest BCUT2D eigenvalue weighted by Gasteiger charge is -2.17. The Balaban J connectivity index is 1.61. The number of nitrogens with two attached hydrogens (primary N) is 1. The van der Waals surface area contributed by atoms with Crippen LogP contribution in [0.4, 0.5) is 4.79 Å². The minimum absolute atomic E-state index is 0.154. The third kappa shape index (κ3) is 5.17. The van der Waals surface area contributed by atoms with Crippen molar-refractivity contribution in [2.24, 2.45) is 5.73 Å². The van der Waals surface area contributed by atoms with E-state index in [4.69, 9.17) is 22.1 Å². The van der Waals surface area contributed by atoms with Gasteiger partial charge in [0.15, 0.2) is 6.61 Å². The van der Waals surface area contributed by atoms with E-state index >= 15 is 0 Å². The van der Waals surface area contributed by atoms with Gasteiger partial charge < -0.3 is 20.4 Å². The van der Waals surface area contributed by atoms with Crippen molar-refractivity contribution >= 4 is 29.4 Å². The van der Waals surface area contributed by atoms with Crippen LogP contribution in [0, 0.1) is 13.8 Å². The first kappa shape index (κ1) is 20.9. The van der Waals surface area contributed by atoms with Gasteiger partial charge in [0.05, 0.1) is 12.5 Å². The molecule has 3 N–H and O–H groups in total. The second kappa shape index (κ2) is 8.69. The molecule has 1 aromatic heterocycles. The maximum Gasteiger partial charge on any atom is 0.312 e. The van der Waals surface area contributed by atoms with Gasteiger partial charge in [0.1, 0.15) is 0 Å². The summed E-state index contributed by atoms with van der Waals surface area (Å²) in [6.07, 6.45) is 2.09. The topological polar surface area (TPSA) is 103 Å². The Kier molecular flexibility index (Phi) is 6.27. The fourth-order valence-electron chi connectivity index (χ4n) is 3.52. The number of amides is 2. The number of carbonyl (C=O) groups is 3. The number of nitrogens with zero attached hydrogens (tertiary/aromatic N) is 1. The highest BCUT2D eigenvalue weighted by Crippen LogP contribution is 2.38. The van der Waals surface area contributed by atoms with Crippen LogP contribution in [0.25, 0.3) is 0 Å². The lowest BCUT2D eigenvalue weighted by molar-refractivity contribution is -0.143. The molecule has 3 rings (SSSR count). The predicted octanol–water partition coefficient (Wildman–Crippen LogP) is 3.62. The van der Waals surface area contributed by atoms with Crippen LogP contribution in [-0.2, 0) is 9.53 Å². The second-order valence-electron chi connectivity index (χ2n) is 7.29. The summed E-state index contributed by atoms with van der Waals surface area (Å²) in [5.74, 6) is -0.854. The number of aryl methyl sites for hydroxylation is 1. The summed E-state index contributed by atoms with van der Waals surface area (Å²) < 4.78 is 7.35. The van der Waals surface area contributed by atoms with Gasteiger partial charge in [-0.15, -0.1) is 0 Å². The van der Waals surface area contributed by atoms with Crippen molar-refractivity contribution in [2.75, 3.05) is 6.61 Å². The molecule has 1 aliphatic rings. The molecule has 1 aliphatic carbocycles. The number of primary amides is 1. The fourth-order valence-corrected chi connectivity index (χ4v) is 3.65. The number of ether oxygens (including phenoxy) is 1. The van der Waals surface area contributed by atoms with Gasteiger partial charge in [-0.05, 0) is 50.5 Å². The van der Waals surface area contributed by atoms with E-state index < -0.39 is 18.0 Å². The van der Waals surface area contributed by atoms with E-state index in [9.17, 15) is 14.4 Å². The summed E-state index contributed by atoms with van der Waals surface area (Å²) in [5.41, 5.74) is 8.38. The zero-order chi connectivity index (χ0) is 21.1. The van der Waals surface area contributed by atoms with Gasteiger partial charge in [-0.3, -0.25) is 9.59 Å². The van der Waals surface area contributed by atoms with Crippen molar-refractivity contribution < 1.29 is 19.1 Å². The molecule has 1 fully saturated rings. The molecule has 2 aromatic rings. The van der Waals surface area contributed by atoms with Crippen molar-refractivity contribution in [1.82, 2.24) is 9.88 Å². The highest BCUT2D eigenvalue weighted by atomic mass is 35.5. The van der Waals surface area contributed by atoms with Gasteiger partial charge in [0.25, 0.3) is 0 Å². The maximum absolute atomic E-state index is 12.6. The van der Waals surface area contributed by atoms with E-state index in [-0.39, 0.29) is 18.8 Å². The number of urea groups is 1. The van der Waals surface area contributed by atoms with Crippen LogP contribution in [0.5, 0.6) is 0 Å². The van der Waals surface area contributed by atoms with E-state index in [1.54, 1.807) is 24.3 Å². The quantitative estimate of drug-likeness (QED) is 0.505. The summed E-state index contributed by atoms with van der Waals surface area (Å²) in [7, 11) is 0. The van der Waals surface area contributed by atoms with Crippen LogP contribution >= 0.6 is 11.6 Å². The van der Waals surface area contributed by atoms with Crippen LogP contribution in [0.15, 0.2) is 30.3 Å². The first-order valence-corrected chi connectivity index (χ1v) is 9.82. The zero-order valence-electron chi connectivity index (χ0n) is 16.4. The highest BCUT2D eigenvalue weighted by Gasteiger charge is 2.28. The number of hydrogen-bond donors (Lipinski definition) is 2. The minimum atomic E-state index is -0.763. The van der Waals surface area contributed by atoms with E-state index in [2.05, 4.69) is 9.88 Å². The van der Waals surface area contributed by atoms with Crippen molar-refractivity contribution in [3.63, 3.8) is 0 Å². The molecule has 0 radical (unpaired) electrons. The molecule has 8 heteroatoms. The Bertz CT molecular complexity index is 932. The summed E-state index contributed by atoms with van der Waals surface area (Å²) >= 11 is 5.88. The summed E-state index contributed by atoms with van der Waals surface area (Å²) in [6.45, 7) is 3.53. The Hall–Kier alpha value is -2.80. The molecule has 1 atom stereocenters. The number of carbonyl (C=O) groups excluding carboxylic acids is 3. The number of esters is 1. The normalized spacial score (nSPS) is 14.3. The number of benzene rings is 1. The summed E-state index contributed by atoms with van der Waals surface area (Å²) in [6, 6.07) is 7.55. The Morgan fingerprint density at radius 1 is 1.24 bits per heavy atom. The Morgan fingerprint density at radius 2 is 1.90 bits per heavy atom. The molecular weight excluding hydrogens is 394 g/mol. The Labute approximate surface area is 174 Å². The van der Waals surface area contributed by atoms with Gasteiger partial charge in [-0.25, -0.2) is 4.79 Å². The smallest absolute Gasteiger partial charge is 0.312 e. The number of Topliss-reactive ketones (excluding diaryl/α,β-unsaturated/α-hetero) is 1. The number of halogens is 1. The third-order valence-corrected chi connectivity index (χ3v) is 5.27. The molecular formula is C21H24ClN3O4. The lowest BCUT2D eigenvalue weighted by atomic mass is 10.0. The zero-order valence-corrected chi connectivity index (χ0v) is 17.2. The molecule has 1 saturated carbocycles. The molecule has 7 nitrogen and oxygen atoms in total. The van der Waals surface area contributed by atoms with Gasteiger partial charge in [0, 0.05) is 28.0 Å². The molecule has 2 amide bonds. The molecule has 0 unspecified atom stereocenters. The number of ketones is 1. The standard InChI is InChI=1S/C21H24ClN3O4/c1-12-9-17(13(2)25(12)16-7-8-16)19(26)11-29-20(27)10-18(24-21(23)28)14-3-5-15(22)6-4-14/h3-6,9,16,18H,7-8,10-11H2,1-2H3,(H3,23,24,28)/t18-/m0/s1. The molecule has 0 bridgehead atoms. The molecule has 0 saturated heterocycles. The number of nitrogens with one attached hydrogen (secondary N) is 1. The maximum atomic E-state index is 12.6. The second-order valence-corrected chi connectivity index (χ2v) is 7.72. The SMILES string of the molecule is Cc1cc(C(=O)COC(=O)C[C@H](NC(N)=O)c2ccc(Cl)cc2)c(C)n1C1CC1. The fraction of sp³-hybridized carbons (Fsp3) is 0.381. The predicted molar refractivity (Wildman–Crippen MR) is 109 cm³/mol. The van der Waals surface area contributed by atoms with Gasteiger partial charge in [-0.1, -0.05) is 23.7 Å². The highest BCUT2D eigenvalue weighted by molar-refractivity contribution is 6.30. The van der Waals surface area contributed by atoms with Crippen LogP contribution in [-0.4, -0.2) is 29.0 Å². The van der Waals surface area contributed by atoms with Crippen LogP contribution in [0.2, 0.25) is 5.02 Å². The van der Waals surface area contributed by atoms with Crippen molar-refractivity contribution in [2.45, 2.75) is 45.2 Å². The van der Waals surface area contributed by atoms with Crippen LogP contribution < -0.4 is 11.1 Å². The lowest BCUT2D eigenvalue weighted by Crippen LogP contribution is -2.34. The third-order valence-electron chi connectivity index (χ3n) is 5.02. The minimum Gasteiger partial charge on any atom is -0.457 e. The number of rotatable bonds is 8. The number of aromatic nitrogens is 1. The summed E-state index contributed by atoms with van der Waals surface area (Å²) in [4.78, 5) is 36.1. The van der Waals surface area contributed by atoms with Crippen molar-refractivity contribution in [1.29, 1.82) is 0 Å². The van der Waals surface area contributed by atoms with Gasteiger partial charge >= 0.3 is 12.0 Å². The largest absolute Gasteiger partial charge is 0.457 e. The molecule has 0 spiro atoms.